The second kappa shape index (κ2) is 9.89. The molecule has 2 rings (SSSR count). The lowest BCUT2D eigenvalue weighted by Crippen LogP contribution is -2.22. The Kier molecular flexibility index (Phi) is 7.57. The van der Waals surface area contributed by atoms with Crippen LogP contribution in [0.25, 0.3) is 0 Å². The van der Waals surface area contributed by atoms with Gasteiger partial charge in [-0.2, -0.15) is 0 Å². The molecule has 0 saturated heterocycles. The Morgan fingerprint density at radius 1 is 1.10 bits per heavy atom. The van der Waals surface area contributed by atoms with E-state index in [4.69, 9.17) is 14.3 Å². The Morgan fingerprint density at radius 3 is 2.48 bits per heavy atom. The number of rotatable bonds is 9. The van der Waals surface area contributed by atoms with Crippen molar-refractivity contribution in [3.05, 3.63) is 48.0 Å². The number of hydrogen-bond acceptors (Lipinski definition) is 7. The molecule has 10 heteroatoms. The van der Waals surface area contributed by atoms with Gasteiger partial charge in [0.15, 0.2) is 18.1 Å². The first-order valence-corrected chi connectivity index (χ1v) is 9.91. The SMILES string of the molecule is COc1ccc(/C=N\OCC(=O)Nc2cccc(S(=O)(=O)N(C)C)c2)cc1OC. The van der Waals surface area contributed by atoms with Crippen LogP contribution >= 0.6 is 0 Å². The van der Waals surface area contributed by atoms with E-state index in [2.05, 4.69) is 10.5 Å². The first-order valence-electron chi connectivity index (χ1n) is 8.47. The maximum atomic E-state index is 12.2. The number of oxime groups is 1. The number of nitrogens with one attached hydrogen (secondary N) is 1. The average Bonchev–Trinajstić information content (AvgIpc) is 2.71. The Bertz CT molecular complexity index is 989. The van der Waals surface area contributed by atoms with E-state index in [-0.39, 0.29) is 11.5 Å². The van der Waals surface area contributed by atoms with Gasteiger partial charge in [-0.05, 0) is 36.4 Å². The van der Waals surface area contributed by atoms with Crippen molar-refractivity contribution in [2.75, 3.05) is 40.2 Å². The molecule has 0 aliphatic carbocycles. The molecule has 0 spiro atoms. The summed E-state index contributed by atoms with van der Waals surface area (Å²) in [6, 6.07) is 11.1. The summed E-state index contributed by atoms with van der Waals surface area (Å²) in [5.41, 5.74) is 1.04. The lowest BCUT2D eigenvalue weighted by atomic mass is 10.2. The van der Waals surface area contributed by atoms with Crippen molar-refractivity contribution in [1.82, 2.24) is 4.31 Å². The number of methoxy groups -OCH3 is 2. The summed E-state index contributed by atoms with van der Waals surface area (Å²) in [7, 11) is 2.35. The minimum Gasteiger partial charge on any atom is -0.493 e. The summed E-state index contributed by atoms with van der Waals surface area (Å²) in [5.74, 6) is 0.652. The van der Waals surface area contributed by atoms with E-state index in [1.54, 1.807) is 37.4 Å². The molecule has 0 radical (unpaired) electrons. The van der Waals surface area contributed by atoms with E-state index >= 15 is 0 Å². The fraction of sp³-hybridized carbons (Fsp3) is 0.263. The van der Waals surface area contributed by atoms with Gasteiger partial charge in [-0.25, -0.2) is 12.7 Å². The number of nitrogens with zero attached hydrogens (tertiary/aromatic N) is 2. The smallest absolute Gasteiger partial charge is 0.265 e. The van der Waals surface area contributed by atoms with Crippen molar-refractivity contribution < 1.29 is 27.5 Å². The third-order valence-corrected chi connectivity index (χ3v) is 5.59. The maximum absolute atomic E-state index is 12.2. The van der Waals surface area contributed by atoms with Crippen LogP contribution in [0.1, 0.15) is 5.56 Å². The van der Waals surface area contributed by atoms with Crippen molar-refractivity contribution in [2.45, 2.75) is 4.90 Å². The van der Waals surface area contributed by atoms with Gasteiger partial charge < -0.3 is 19.6 Å². The summed E-state index contributed by atoms with van der Waals surface area (Å²) >= 11 is 0. The quantitative estimate of drug-likeness (QED) is 0.490. The molecule has 0 aliphatic heterocycles. The maximum Gasteiger partial charge on any atom is 0.265 e. The summed E-state index contributed by atoms with van der Waals surface area (Å²) in [4.78, 5) is 17.1. The fourth-order valence-electron chi connectivity index (χ4n) is 2.27. The molecule has 1 N–H and O–H groups in total. The number of carbonyl (C=O) groups excluding carboxylic acids is 1. The van der Waals surface area contributed by atoms with Crippen LogP contribution in [0, 0.1) is 0 Å². The first-order chi connectivity index (χ1) is 13.8. The molecule has 0 saturated carbocycles. The summed E-state index contributed by atoms with van der Waals surface area (Å²) in [6.07, 6.45) is 1.43. The zero-order valence-electron chi connectivity index (χ0n) is 16.6. The highest BCUT2D eigenvalue weighted by Crippen LogP contribution is 2.26. The highest BCUT2D eigenvalue weighted by atomic mass is 32.2. The van der Waals surface area contributed by atoms with Crippen molar-refractivity contribution in [3.8, 4) is 11.5 Å². The van der Waals surface area contributed by atoms with Crippen LogP contribution in [0.2, 0.25) is 0 Å². The number of amides is 1. The minimum absolute atomic E-state index is 0.0766. The van der Waals surface area contributed by atoms with E-state index in [0.717, 1.165) is 4.31 Å². The largest absolute Gasteiger partial charge is 0.493 e. The molecule has 9 nitrogen and oxygen atoms in total. The Morgan fingerprint density at radius 2 is 1.83 bits per heavy atom. The highest BCUT2D eigenvalue weighted by Gasteiger charge is 2.17. The predicted octanol–water partition coefficient (Wildman–Crippen LogP) is 1.94. The average molecular weight is 421 g/mol. The summed E-state index contributed by atoms with van der Waals surface area (Å²) < 4.78 is 35.8. The molecular formula is C19H23N3O6S. The molecule has 0 fully saturated rings. The number of benzene rings is 2. The van der Waals surface area contributed by atoms with Gasteiger partial charge in [-0.3, -0.25) is 4.79 Å². The van der Waals surface area contributed by atoms with Crippen molar-refractivity contribution in [1.29, 1.82) is 0 Å². The van der Waals surface area contributed by atoms with Gasteiger partial charge in [-0.15, -0.1) is 0 Å². The van der Waals surface area contributed by atoms with Crippen LogP contribution in [0.5, 0.6) is 11.5 Å². The molecule has 0 aromatic heterocycles. The number of sulfonamides is 1. The number of hydrogen-bond donors (Lipinski definition) is 1. The minimum atomic E-state index is -3.59. The van der Waals surface area contributed by atoms with E-state index < -0.39 is 15.9 Å². The second-order valence-electron chi connectivity index (χ2n) is 5.99. The zero-order valence-corrected chi connectivity index (χ0v) is 17.4. The Balaban J connectivity index is 1.93. The van der Waals surface area contributed by atoms with E-state index in [0.29, 0.717) is 22.7 Å². The molecule has 29 heavy (non-hydrogen) atoms. The summed E-state index contributed by atoms with van der Waals surface area (Å²) in [5, 5.41) is 6.32. The van der Waals surface area contributed by atoms with Crippen LogP contribution in [-0.2, 0) is 19.7 Å². The predicted molar refractivity (Wildman–Crippen MR) is 109 cm³/mol. The van der Waals surface area contributed by atoms with Crippen molar-refractivity contribution in [3.63, 3.8) is 0 Å². The van der Waals surface area contributed by atoms with Gasteiger partial charge in [-0.1, -0.05) is 11.2 Å². The van der Waals surface area contributed by atoms with Gasteiger partial charge in [0.05, 0.1) is 25.3 Å². The molecule has 0 heterocycles. The van der Waals surface area contributed by atoms with Crippen LogP contribution in [0.3, 0.4) is 0 Å². The summed E-state index contributed by atoms with van der Waals surface area (Å²) in [6.45, 7) is -0.339. The molecule has 0 unspecified atom stereocenters. The van der Waals surface area contributed by atoms with E-state index in [9.17, 15) is 13.2 Å². The van der Waals surface area contributed by atoms with E-state index in [1.165, 1.54) is 39.6 Å². The topological polar surface area (TPSA) is 107 Å². The number of carbonyl (C=O) groups is 1. The normalized spacial score (nSPS) is 11.5. The van der Waals surface area contributed by atoms with Crippen molar-refractivity contribution >= 4 is 27.8 Å². The van der Waals surface area contributed by atoms with Gasteiger partial charge in [0.2, 0.25) is 10.0 Å². The molecule has 156 valence electrons. The van der Waals surface area contributed by atoms with Gasteiger partial charge in [0.25, 0.3) is 5.91 Å². The second-order valence-corrected chi connectivity index (χ2v) is 8.14. The van der Waals surface area contributed by atoms with Gasteiger partial charge in [0, 0.05) is 25.3 Å². The molecular weight excluding hydrogens is 398 g/mol. The van der Waals surface area contributed by atoms with Crippen molar-refractivity contribution in [2.24, 2.45) is 5.16 Å². The van der Waals surface area contributed by atoms with Crippen LogP contribution in [0.4, 0.5) is 5.69 Å². The molecule has 0 bridgehead atoms. The van der Waals surface area contributed by atoms with Crippen LogP contribution in [0.15, 0.2) is 52.5 Å². The Labute approximate surface area is 169 Å². The van der Waals surface area contributed by atoms with Crippen LogP contribution in [-0.4, -0.2) is 59.8 Å². The first kappa shape index (κ1) is 22.2. The third-order valence-electron chi connectivity index (χ3n) is 3.78. The van der Waals surface area contributed by atoms with Gasteiger partial charge in [0.1, 0.15) is 0 Å². The monoisotopic (exact) mass is 421 g/mol. The Hall–Kier alpha value is -3.11. The third kappa shape index (κ3) is 5.93. The fourth-order valence-corrected chi connectivity index (χ4v) is 3.22. The standard InChI is InChI=1S/C19H23N3O6S/c1-22(2)29(24,25)16-7-5-6-15(11-16)21-19(23)13-28-20-12-14-8-9-17(26-3)18(10-14)27-4/h5-12H,13H2,1-4H3,(H,21,23)/b20-12-. The number of anilines is 1. The molecule has 2 aromatic rings. The van der Waals surface area contributed by atoms with Gasteiger partial charge >= 0.3 is 0 Å². The number of ether oxygens (including phenoxy) is 2. The molecule has 0 aliphatic rings. The lowest BCUT2D eigenvalue weighted by molar-refractivity contribution is -0.120. The molecule has 1 amide bonds. The lowest BCUT2D eigenvalue weighted by Gasteiger charge is -2.12. The van der Waals surface area contributed by atoms with Crippen LogP contribution < -0.4 is 14.8 Å². The zero-order chi connectivity index (χ0) is 21.4. The highest BCUT2D eigenvalue weighted by molar-refractivity contribution is 7.89. The van der Waals surface area contributed by atoms with E-state index in [1.807, 2.05) is 0 Å². The molecule has 0 atom stereocenters. The molecule has 2 aromatic carbocycles.